The Balaban J connectivity index is 3.05. The molecule has 0 saturated heterocycles. The lowest BCUT2D eigenvalue weighted by Gasteiger charge is -2.19. The van der Waals surface area contributed by atoms with Crippen molar-refractivity contribution in [3.8, 4) is 6.07 Å². The van der Waals surface area contributed by atoms with Crippen molar-refractivity contribution in [3.05, 3.63) is 23.8 Å². The molecule has 25 heavy (non-hydrogen) atoms. The lowest BCUT2D eigenvalue weighted by molar-refractivity contribution is -0.149. The third-order valence-electron chi connectivity index (χ3n) is 3.23. The van der Waals surface area contributed by atoms with Crippen molar-refractivity contribution in [2.75, 3.05) is 11.1 Å². The number of carbonyl (C=O) groups is 2. The van der Waals surface area contributed by atoms with Crippen LogP contribution in [0.4, 0.5) is 18.9 Å². The van der Waals surface area contributed by atoms with Gasteiger partial charge in [-0.15, -0.1) is 11.8 Å². The van der Waals surface area contributed by atoms with Crippen molar-refractivity contribution < 1.29 is 27.9 Å². The van der Waals surface area contributed by atoms with E-state index in [0.717, 1.165) is 23.9 Å². The molecule has 1 aromatic rings. The number of amides is 1. The molecule has 0 aromatic heterocycles. The number of alkyl halides is 3. The Morgan fingerprint density at radius 2 is 1.96 bits per heavy atom. The standard InChI is InChI=1S/C16H17F3N2O3S/c1-15(2,14(23)24)9-13(22)21-11-8-10(16(17,18)19)4-5-12(11)25-7-3-6-20/h4-5,8H,3,7,9H2,1-2H3,(H,21,22)(H,23,24). The van der Waals surface area contributed by atoms with Gasteiger partial charge >= 0.3 is 12.1 Å². The molecule has 0 aliphatic rings. The predicted octanol–water partition coefficient (Wildman–Crippen LogP) is 4.15. The van der Waals surface area contributed by atoms with Gasteiger partial charge in [0, 0.05) is 23.5 Å². The lowest BCUT2D eigenvalue weighted by Crippen LogP contribution is -2.29. The number of halogens is 3. The average Bonchev–Trinajstić information content (AvgIpc) is 2.47. The first-order valence-electron chi connectivity index (χ1n) is 7.21. The molecule has 1 amide bonds. The zero-order valence-corrected chi connectivity index (χ0v) is 14.4. The number of thioether (sulfide) groups is 1. The number of carbonyl (C=O) groups excluding carboxylic acids is 1. The van der Waals surface area contributed by atoms with Crippen molar-refractivity contribution in [2.45, 2.75) is 37.8 Å². The predicted molar refractivity (Wildman–Crippen MR) is 87.1 cm³/mol. The van der Waals surface area contributed by atoms with Gasteiger partial charge in [-0.25, -0.2) is 0 Å². The monoisotopic (exact) mass is 374 g/mol. The van der Waals surface area contributed by atoms with E-state index in [4.69, 9.17) is 10.4 Å². The summed E-state index contributed by atoms with van der Waals surface area (Å²) in [5.41, 5.74) is -2.33. The first-order chi connectivity index (χ1) is 11.5. The summed E-state index contributed by atoms with van der Waals surface area (Å²) in [5, 5.41) is 19.9. The summed E-state index contributed by atoms with van der Waals surface area (Å²) in [5.74, 6) is -1.53. The highest BCUT2D eigenvalue weighted by atomic mass is 32.2. The summed E-state index contributed by atoms with van der Waals surface area (Å²) >= 11 is 1.14. The highest BCUT2D eigenvalue weighted by Crippen LogP contribution is 2.36. The number of aliphatic carboxylic acids is 1. The summed E-state index contributed by atoms with van der Waals surface area (Å²) in [7, 11) is 0. The first-order valence-corrected chi connectivity index (χ1v) is 8.20. The summed E-state index contributed by atoms with van der Waals surface area (Å²) in [6, 6.07) is 4.85. The van der Waals surface area contributed by atoms with Gasteiger partial charge in [-0.05, 0) is 32.0 Å². The van der Waals surface area contributed by atoms with Gasteiger partial charge in [-0.3, -0.25) is 9.59 Å². The van der Waals surface area contributed by atoms with Gasteiger partial charge in [-0.2, -0.15) is 18.4 Å². The Hall–Kier alpha value is -2.21. The number of benzene rings is 1. The van der Waals surface area contributed by atoms with E-state index in [0.29, 0.717) is 10.6 Å². The van der Waals surface area contributed by atoms with E-state index in [9.17, 15) is 22.8 Å². The summed E-state index contributed by atoms with van der Waals surface area (Å²) in [4.78, 5) is 23.5. The molecular weight excluding hydrogens is 357 g/mol. The summed E-state index contributed by atoms with van der Waals surface area (Å²) < 4.78 is 38.6. The molecular formula is C16H17F3N2O3S. The molecule has 5 nitrogen and oxygen atoms in total. The molecule has 9 heteroatoms. The molecule has 0 radical (unpaired) electrons. The number of carboxylic acids is 1. The van der Waals surface area contributed by atoms with Crippen LogP contribution >= 0.6 is 11.8 Å². The molecule has 0 fully saturated rings. The van der Waals surface area contributed by atoms with Crippen LogP contribution < -0.4 is 5.32 Å². The van der Waals surface area contributed by atoms with E-state index in [-0.39, 0.29) is 18.5 Å². The number of carboxylic acid groups (broad SMARTS) is 1. The quantitative estimate of drug-likeness (QED) is 0.553. The average molecular weight is 374 g/mol. The van der Waals surface area contributed by atoms with E-state index in [2.05, 4.69) is 5.32 Å². The van der Waals surface area contributed by atoms with Gasteiger partial charge in [0.1, 0.15) is 0 Å². The van der Waals surface area contributed by atoms with Gasteiger partial charge < -0.3 is 10.4 Å². The molecule has 0 unspecified atom stereocenters. The van der Waals surface area contributed by atoms with E-state index < -0.39 is 29.0 Å². The van der Waals surface area contributed by atoms with Crippen LogP contribution in [0.25, 0.3) is 0 Å². The van der Waals surface area contributed by atoms with Crippen LogP contribution in [0.2, 0.25) is 0 Å². The van der Waals surface area contributed by atoms with Gasteiger partial charge in [-0.1, -0.05) is 0 Å². The molecule has 0 saturated carbocycles. The van der Waals surface area contributed by atoms with Gasteiger partial charge in [0.05, 0.1) is 22.7 Å². The number of rotatable bonds is 7. The number of nitriles is 1. The maximum absolute atomic E-state index is 12.9. The Bertz CT molecular complexity index is 697. The van der Waals surface area contributed by atoms with Crippen molar-refractivity contribution >= 4 is 29.3 Å². The molecule has 0 heterocycles. The van der Waals surface area contributed by atoms with Crippen molar-refractivity contribution in [3.63, 3.8) is 0 Å². The molecule has 0 atom stereocenters. The van der Waals surface area contributed by atoms with Crippen LogP contribution in [-0.4, -0.2) is 22.7 Å². The van der Waals surface area contributed by atoms with E-state index in [1.165, 1.54) is 19.9 Å². The highest BCUT2D eigenvalue weighted by molar-refractivity contribution is 7.99. The third-order valence-corrected chi connectivity index (χ3v) is 4.31. The smallest absolute Gasteiger partial charge is 0.416 e. The molecule has 1 aromatic carbocycles. The molecule has 2 N–H and O–H groups in total. The van der Waals surface area contributed by atoms with Crippen LogP contribution in [0.15, 0.2) is 23.1 Å². The number of hydrogen-bond donors (Lipinski definition) is 2. The third kappa shape index (κ3) is 6.31. The molecule has 136 valence electrons. The second kappa shape index (κ2) is 8.25. The Kier molecular flexibility index (Phi) is 6.87. The topological polar surface area (TPSA) is 90.2 Å². The van der Waals surface area contributed by atoms with Gasteiger partial charge in [0.25, 0.3) is 0 Å². The van der Waals surface area contributed by atoms with Crippen LogP contribution in [0.1, 0.15) is 32.3 Å². The second-order valence-electron chi connectivity index (χ2n) is 5.88. The first kappa shape index (κ1) is 20.8. The van der Waals surface area contributed by atoms with E-state index >= 15 is 0 Å². The van der Waals surface area contributed by atoms with Crippen molar-refractivity contribution in [2.24, 2.45) is 5.41 Å². The van der Waals surface area contributed by atoms with Gasteiger partial charge in [0.2, 0.25) is 5.91 Å². The van der Waals surface area contributed by atoms with Crippen molar-refractivity contribution in [1.82, 2.24) is 0 Å². The van der Waals surface area contributed by atoms with E-state index in [1.807, 2.05) is 6.07 Å². The summed E-state index contributed by atoms with van der Waals surface area (Å²) in [6.45, 7) is 2.70. The second-order valence-corrected chi connectivity index (χ2v) is 7.02. The zero-order valence-electron chi connectivity index (χ0n) is 13.6. The minimum atomic E-state index is -4.57. The minimum absolute atomic E-state index is 0.0519. The Morgan fingerprint density at radius 1 is 1.32 bits per heavy atom. The number of anilines is 1. The number of nitrogens with zero attached hydrogens (tertiary/aromatic N) is 1. The highest BCUT2D eigenvalue weighted by Gasteiger charge is 2.32. The molecule has 0 aliphatic heterocycles. The molecule has 0 spiro atoms. The minimum Gasteiger partial charge on any atom is -0.481 e. The molecule has 0 bridgehead atoms. The molecule has 1 rings (SSSR count). The number of nitrogens with one attached hydrogen (secondary N) is 1. The van der Waals surface area contributed by atoms with Crippen LogP contribution in [0.3, 0.4) is 0 Å². The number of hydrogen-bond acceptors (Lipinski definition) is 4. The fraction of sp³-hybridized carbons (Fsp3) is 0.438. The van der Waals surface area contributed by atoms with Crippen LogP contribution in [0, 0.1) is 16.7 Å². The van der Waals surface area contributed by atoms with Crippen LogP contribution in [-0.2, 0) is 15.8 Å². The zero-order chi connectivity index (χ0) is 19.3. The summed E-state index contributed by atoms with van der Waals surface area (Å²) in [6.07, 6.45) is -4.76. The SMILES string of the molecule is CC(C)(CC(=O)Nc1cc(C(F)(F)F)ccc1SCCC#N)C(=O)O. The maximum atomic E-state index is 12.9. The normalized spacial score (nSPS) is 11.7. The van der Waals surface area contributed by atoms with Crippen molar-refractivity contribution in [1.29, 1.82) is 5.26 Å². The van der Waals surface area contributed by atoms with Crippen LogP contribution in [0.5, 0.6) is 0 Å². The molecule has 0 aliphatic carbocycles. The maximum Gasteiger partial charge on any atom is 0.416 e. The largest absolute Gasteiger partial charge is 0.481 e. The van der Waals surface area contributed by atoms with Gasteiger partial charge in [0.15, 0.2) is 0 Å². The fourth-order valence-corrected chi connectivity index (χ4v) is 2.65. The Morgan fingerprint density at radius 3 is 2.48 bits per heavy atom. The fourth-order valence-electron chi connectivity index (χ4n) is 1.81. The Labute approximate surface area is 147 Å². The lowest BCUT2D eigenvalue weighted by atomic mass is 9.89. The van der Waals surface area contributed by atoms with E-state index in [1.54, 1.807) is 0 Å².